The highest BCUT2D eigenvalue weighted by Gasteiger charge is 2.11. The Morgan fingerprint density at radius 3 is 2.60 bits per heavy atom. The van der Waals surface area contributed by atoms with Crippen molar-refractivity contribution in [2.75, 3.05) is 5.08 Å². The van der Waals surface area contributed by atoms with E-state index in [4.69, 9.17) is 0 Å². The lowest BCUT2D eigenvalue weighted by Gasteiger charge is -1.96. The summed E-state index contributed by atoms with van der Waals surface area (Å²) in [6, 6.07) is 0. The molecule has 0 radical (unpaired) electrons. The second-order valence-electron chi connectivity index (χ2n) is 2.41. The molecule has 0 aromatic rings. The minimum Gasteiger partial charge on any atom is -0.168 e. The first kappa shape index (κ1) is 12.5. The Morgan fingerprint density at radius 2 is 1.87 bits per heavy atom. The number of rotatable bonds is 3. The van der Waals surface area contributed by atoms with Gasteiger partial charge in [-0.15, -0.1) is 11.8 Å². The van der Waals surface area contributed by atoms with Gasteiger partial charge in [0.2, 0.25) is 0 Å². The van der Waals surface area contributed by atoms with E-state index in [0.29, 0.717) is 0 Å². The van der Waals surface area contributed by atoms with Crippen molar-refractivity contribution in [3.8, 4) is 0 Å². The lowest BCUT2D eigenvalue weighted by atomic mass is 10.6. The van der Waals surface area contributed by atoms with Gasteiger partial charge < -0.3 is 0 Å². The molecule has 0 aromatic carbocycles. The lowest BCUT2D eigenvalue weighted by molar-refractivity contribution is 2.05. The van der Waals surface area contributed by atoms with Crippen LogP contribution in [0.2, 0.25) is 0 Å². The Morgan fingerprint density at radius 1 is 1.13 bits per heavy atom. The molecular weight excluding hydrogens is 301 g/mol. The molecule has 2 heterocycles. The van der Waals surface area contributed by atoms with Crippen LogP contribution in [0.1, 0.15) is 0 Å². The third kappa shape index (κ3) is 4.09. The van der Waals surface area contributed by atoms with E-state index in [-0.39, 0.29) is 0 Å². The molecule has 2 aliphatic rings. The van der Waals surface area contributed by atoms with Crippen molar-refractivity contribution in [1.29, 1.82) is 0 Å². The van der Waals surface area contributed by atoms with Gasteiger partial charge in [0, 0.05) is 13.6 Å². The fraction of sp³-hybridized carbons (Fsp3) is 0.111. The van der Waals surface area contributed by atoms with Gasteiger partial charge in [-0.2, -0.15) is 12.6 Å². The summed E-state index contributed by atoms with van der Waals surface area (Å²) < 4.78 is 4.04. The molecule has 80 valence electrons. The summed E-state index contributed by atoms with van der Waals surface area (Å²) in [5.74, 6) is 0. The summed E-state index contributed by atoms with van der Waals surface area (Å²) in [6.07, 6.45) is 4.38. The highest BCUT2D eigenvalue weighted by Crippen LogP contribution is 2.49. The molecule has 0 unspecified atom stereocenters. The fourth-order valence-corrected chi connectivity index (χ4v) is 6.15. The highest BCUT2D eigenvalue weighted by molar-refractivity contribution is 8.36. The van der Waals surface area contributed by atoms with E-state index in [2.05, 4.69) is 41.0 Å². The first-order valence-corrected chi connectivity index (χ1v) is 9.14. The molecule has 0 saturated carbocycles. The number of hydrogen-bond donors (Lipinski definition) is 1. The average Bonchev–Trinajstić information content (AvgIpc) is 2.85. The largest absolute Gasteiger partial charge is 0.168 e. The standard InChI is InChI=1S/C9H8S6/c10-6-14-9-5-13-8(15-9)2-1-7-11-3-4-12-7/h1-5,10H,6H2/b8-2+. The zero-order chi connectivity index (χ0) is 10.5. The third-order valence-corrected chi connectivity index (χ3v) is 7.23. The molecule has 0 aromatic heterocycles. The molecule has 0 bridgehead atoms. The minimum absolute atomic E-state index is 0.851. The normalized spacial score (nSPS) is 22.6. The fourth-order valence-electron chi connectivity index (χ4n) is 0.886. The van der Waals surface area contributed by atoms with E-state index >= 15 is 0 Å². The maximum atomic E-state index is 4.20. The van der Waals surface area contributed by atoms with Crippen molar-refractivity contribution < 1.29 is 0 Å². The van der Waals surface area contributed by atoms with Crippen LogP contribution in [0.3, 0.4) is 0 Å². The van der Waals surface area contributed by atoms with E-state index < -0.39 is 0 Å². The Hall–Kier alpha value is 1.06. The van der Waals surface area contributed by atoms with Gasteiger partial charge in [0.15, 0.2) is 0 Å². The van der Waals surface area contributed by atoms with Crippen molar-refractivity contribution in [2.45, 2.75) is 0 Å². The zero-order valence-electron chi connectivity index (χ0n) is 7.58. The second-order valence-corrected chi connectivity index (χ2v) is 8.84. The Balaban J connectivity index is 1.87. The predicted octanol–water partition coefficient (Wildman–Crippen LogP) is 5.52. The molecule has 0 N–H and O–H groups in total. The monoisotopic (exact) mass is 308 g/mol. The first-order valence-electron chi connectivity index (χ1n) is 4.07. The summed E-state index contributed by atoms with van der Waals surface area (Å²) in [5.41, 5.74) is 0. The summed E-state index contributed by atoms with van der Waals surface area (Å²) in [6.45, 7) is 0. The van der Waals surface area contributed by atoms with Gasteiger partial charge >= 0.3 is 0 Å². The van der Waals surface area contributed by atoms with E-state index in [9.17, 15) is 0 Å². The summed E-state index contributed by atoms with van der Waals surface area (Å²) in [7, 11) is 0. The van der Waals surface area contributed by atoms with Gasteiger partial charge in [-0.25, -0.2) is 0 Å². The molecule has 0 atom stereocenters. The SMILES string of the molecule is SCSC1=CS/C(=C\C=C2SC=CS2)S1. The van der Waals surface area contributed by atoms with Crippen LogP contribution in [0, 0.1) is 0 Å². The molecule has 0 spiro atoms. The van der Waals surface area contributed by atoms with Gasteiger partial charge in [0.25, 0.3) is 0 Å². The van der Waals surface area contributed by atoms with Crippen LogP contribution >= 0.6 is 71.4 Å². The number of thioether (sulfide) groups is 5. The summed E-state index contributed by atoms with van der Waals surface area (Å²) in [4.78, 5) is 0. The van der Waals surface area contributed by atoms with E-state index in [0.717, 1.165) is 5.08 Å². The van der Waals surface area contributed by atoms with Crippen molar-refractivity contribution in [3.05, 3.63) is 41.1 Å². The molecule has 2 rings (SSSR count). The second kappa shape index (κ2) is 6.71. The summed E-state index contributed by atoms with van der Waals surface area (Å²) >= 11 is 13.2. The highest BCUT2D eigenvalue weighted by atomic mass is 32.2. The molecule has 2 aliphatic heterocycles. The van der Waals surface area contributed by atoms with Crippen molar-refractivity contribution in [1.82, 2.24) is 0 Å². The number of thiol groups is 1. The van der Waals surface area contributed by atoms with Crippen molar-refractivity contribution in [3.63, 3.8) is 0 Å². The van der Waals surface area contributed by atoms with Crippen LogP contribution in [0.15, 0.2) is 41.1 Å². The summed E-state index contributed by atoms with van der Waals surface area (Å²) in [5, 5.41) is 7.28. The van der Waals surface area contributed by atoms with Gasteiger partial charge in [-0.1, -0.05) is 47.0 Å². The Bertz CT molecular complexity index is 342. The van der Waals surface area contributed by atoms with Crippen LogP contribution in [-0.2, 0) is 0 Å². The number of allylic oxidation sites excluding steroid dienone is 2. The first-order chi connectivity index (χ1) is 7.38. The molecular formula is C9H8S6. The Labute approximate surface area is 117 Å². The lowest BCUT2D eigenvalue weighted by Crippen LogP contribution is -1.64. The minimum atomic E-state index is 0.851. The van der Waals surface area contributed by atoms with Gasteiger partial charge in [0.1, 0.15) is 0 Å². The van der Waals surface area contributed by atoms with Crippen LogP contribution in [0.25, 0.3) is 0 Å². The average molecular weight is 309 g/mol. The van der Waals surface area contributed by atoms with Crippen LogP contribution in [0.5, 0.6) is 0 Å². The van der Waals surface area contributed by atoms with E-state index in [1.807, 2.05) is 11.8 Å². The zero-order valence-corrected chi connectivity index (χ0v) is 12.6. The molecule has 0 nitrogen and oxygen atoms in total. The molecule has 6 heteroatoms. The van der Waals surface area contributed by atoms with Crippen LogP contribution < -0.4 is 0 Å². The van der Waals surface area contributed by atoms with Crippen molar-refractivity contribution >= 4 is 71.4 Å². The Kier molecular flexibility index (Phi) is 5.60. The predicted molar refractivity (Wildman–Crippen MR) is 85.2 cm³/mol. The van der Waals surface area contributed by atoms with Gasteiger partial charge in [0.05, 0.1) is 4.24 Å². The van der Waals surface area contributed by atoms with Crippen LogP contribution in [0.4, 0.5) is 0 Å². The smallest absolute Gasteiger partial charge is 0.0530 e. The van der Waals surface area contributed by atoms with E-state index in [1.54, 1.807) is 47.0 Å². The molecule has 0 amide bonds. The third-order valence-electron chi connectivity index (χ3n) is 1.46. The van der Waals surface area contributed by atoms with Crippen molar-refractivity contribution in [2.24, 2.45) is 0 Å². The van der Waals surface area contributed by atoms with Gasteiger partial charge in [-0.05, 0) is 28.4 Å². The van der Waals surface area contributed by atoms with E-state index in [1.165, 1.54) is 12.7 Å². The quantitative estimate of drug-likeness (QED) is 0.537. The topological polar surface area (TPSA) is 0 Å². The maximum Gasteiger partial charge on any atom is 0.0530 e. The molecule has 0 aliphatic carbocycles. The van der Waals surface area contributed by atoms with Crippen LogP contribution in [-0.4, -0.2) is 5.08 Å². The molecule has 0 saturated heterocycles. The molecule has 15 heavy (non-hydrogen) atoms. The molecule has 0 fully saturated rings. The maximum absolute atomic E-state index is 4.20. The number of hydrogen-bond acceptors (Lipinski definition) is 6. The van der Waals surface area contributed by atoms with Gasteiger partial charge in [-0.3, -0.25) is 0 Å².